The number of nitrogens with two attached hydrogens (primary N) is 5. The highest BCUT2D eigenvalue weighted by Crippen LogP contribution is 2.29. The molecule has 2 fully saturated rings. The number of para-hydroxylation sites is 1. The minimum absolute atomic E-state index is 0.0204. The number of H-pyrrole nitrogens is 1. The summed E-state index contributed by atoms with van der Waals surface area (Å²) in [5.74, 6) is -22.5. The Bertz CT molecular complexity index is 5140. The van der Waals surface area contributed by atoms with Crippen molar-refractivity contribution in [1.82, 2.24) is 90.1 Å². The minimum Gasteiger partial charge on any atom is -0.482 e. The van der Waals surface area contributed by atoms with Gasteiger partial charge in [0, 0.05) is 62.3 Å². The molecule has 0 spiro atoms. The minimum atomic E-state index is -2.15. The normalized spacial score (nSPS) is 23.6. The maximum Gasteiger partial charge on any atom is 0.341 e. The van der Waals surface area contributed by atoms with Gasteiger partial charge in [0.15, 0.2) is 6.61 Å². The first-order chi connectivity index (χ1) is 67.6. The van der Waals surface area contributed by atoms with Crippen molar-refractivity contribution in [3.05, 3.63) is 126 Å². The predicted molar refractivity (Wildman–Crippen MR) is 521 cm³/mol. The summed E-state index contributed by atoms with van der Waals surface area (Å²) in [6, 6.07) is 2.04. The number of primary amides is 2. The third-order valence-corrected chi connectivity index (χ3v) is 24.7. The van der Waals surface area contributed by atoms with Gasteiger partial charge in [0.2, 0.25) is 94.5 Å². The Morgan fingerprint density at radius 2 is 0.958 bits per heavy atom. The molecular formula is C95H136N22O24S. The molecule has 1 aliphatic carbocycles. The van der Waals surface area contributed by atoms with Crippen LogP contribution in [0.25, 0.3) is 22.0 Å². The van der Waals surface area contributed by atoms with Gasteiger partial charge in [-0.3, -0.25) is 81.5 Å². The highest BCUT2D eigenvalue weighted by atomic mass is 32.2. The van der Waals surface area contributed by atoms with Gasteiger partial charge in [0.05, 0.1) is 24.9 Å². The standard InChI is InChI=1S/C95H136N22O24S/c1-50(2)38-66-84(128)107-65(34-36-97)83(127)109-69(39-54-18-10-8-11-19-54)89(133)116-78(51(3)4)93(137)117-79(53(6)118)94(138)115-74(92(136)103-52(5)80(99)124)48-142-49-75(119)104-72(44-98)90(134)110-68(41-56-28-32-60(33-29-56)141-47-77(122)123)86(130)113-71(43-76(120)121)88(132)112-70(42-59-45-102-62-23-15-14-22-61(59)62)87(131)114-73(46-140-7)91(135)111-67(40-55-26-30-58(31-27-55)57-20-12-9-13-21-57)85(129)106-64(25-17-37-101-95(100)139)81(125)105-63(24-16-35-96)82(126)108-66/h9,12-15,20-23,26-33,45,50-54,63-74,78-79,102,118H,8,10-11,16-19,24-25,34-44,46-49,96-98H2,1-7H3,(H2,99,124)(H,103,136)(H,104,119)(H,105,125)(H,106,129)(H,107,128)(H,108,126)(H,109,127)(H,110,134)(H,111,135)(H,112,132)(H,113,130)(H,114,131)(H,115,138)(H,116,133)(H,117,137)(H,120,121)(H,122,123)(H3,100,101,139)/t52-,53+,63-,64-,65-,66+,67-,68-,69-,70-,71-,72-,73-,74-,78-,79-/m0/s1. The SMILES string of the molecule is COC[C@@H]1NC(=O)[C@H](Cc2c[nH]c3ccccc23)NC(=O)[C@H](CC(=O)O)NC(=O)[C@H](Cc2ccc(OCC(=O)O)cc2)NC(=O)[C@H](CN)NC(=O)CSC[C@@H](C(=O)N[C@@H](C)C(N)=O)NC(=O)[C@H]([C@@H](C)O)NC(=O)[C@H](C(C)C)NC(=O)[C@H](CC2CCCCC2)NC(=O)[C@H](CCN)NC(=O)[C@@H](CC(C)C)NC(=O)[C@H](CCCN)NC(=O)[C@H](CCCNC(N)=O)NC(=O)[C@H](Cc2ccc(-c3ccccc3)cc2)NC1=O. The lowest BCUT2D eigenvalue weighted by Gasteiger charge is -2.31. The van der Waals surface area contributed by atoms with E-state index in [4.69, 9.17) is 38.1 Å². The predicted octanol–water partition coefficient (Wildman–Crippen LogP) is -3.48. The van der Waals surface area contributed by atoms with E-state index in [1.165, 1.54) is 44.5 Å². The number of aromatic nitrogens is 1. The van der Waals surface area contributed by atoms with E-state index in [-0.39, 0.29) is 94.1 Å². The number of amides is 18. The summed E-state index contributed by atoms with van der Waals surface area (Å²) in [5.41, 5.74) is 32.4. The van der Waals surface area contributed by atoms with Gasteiger partial charge in [-0.15, -0.1) is 11.8 Å². The quantitative estimate of drug-likeness (QED) is 0.0181. The molecule has 47 heteroatoms. The highest BCUT2D eigenvalue weighted by molar-refractivity contribution is 8.00. The summed E-state index contributed by atoms with van der Waals surface area (Å²) in [6.07, 6.45) is 0.164. The van der Waals surface area contributed by atoms with Crippen LogP contribution >= 0.6 is 11.8 Å². The van der Waals surface area contributed by atoms with Crippen LogP contribution in [0.1, 0.15) is 142 Å². The van der Waals surface area contributed by atoms with Crippen LogP contribution in [0.5, 0.6) is 5.75 Å². The van der Waals surface area contributed by atoms with Crippen molar-refractivity contribution in [2.45, 2.75) is 241 Å². The summed E-state index contributed by atoms with van der Waals surface area (Å²) in [7, 11) is 1.17. The van der Waals surface area contributed by atoms with Crippen LogP contribution < -0.4 is 118 Å². The van der Waals surface area contributed by atoms with E-state index in [9.17, 15) is 72.9 Å². The number of carbonyl (C=O) groups excluding carboxylic acids is 17. The second kappa shape index (κ2) is 58.4. The van der Waals surface area contributed by atoms with Gasteiger partial charge >= 0.3 is 18.0 Å². The fraction of sp³-hybridized carbons (Fsp3) is 0.526. The number of benzene rings is 4. The molecule has 1 aromatic heterocycles. The molecule has 2 heterocycles. The molecule has 4 aromatic carbocycles. The summed E-state index contributed by atoms with van der Waals surface area (Å²) in [4.78, 5) is 275. The zero-order valence-electron chi connectivity index (χ0n) is 80.5. The van der Waals surface area contributed by atoms with Gasteiger partial charge in [0.25, 0.3) is 0 Å². The molecule has 30 N–H and O–H groups in total. The van der Waals surface area contributed by atoms with E-state index in [2.05, 4.69) is 90.1 Å². The van der Waals surface area contributed by atoms with Crippen molar-refractivity contribution < 1.29 is 116 Å². The van der Waals surface area contributed by atoms with Crippen LogP contribution in [0, 0.1) is 17.8 Å². The number of carbonyl (C=O) groups is 19. The molecule has 5 aromatic rings. The molecule has 0 bridgehead atoms. The third kappa shape index (κ3) is 37.9. The molecule has 46 nitrogen and oxygen atoms in total. The second-order valence-electron chi connectivity index (χ2n) is 35.9. The Balaban J connectivity index is 1.34. The number of aliphatic carboxylic acids is 2. The Labute approximate surface area is 825 Å². The van der Waals surface area contributed by atoms with Gasteiger partial charge < -0.3 is 144 Å². The van der Waals surface area contributed by atoms with Crippen LogP contribution in [0.2, 0.25) is 0 Å². The van der Waals surface area contributed by atoms with Gasteiger partial charge in [0.1, 0.15) is 96.4 Å². The number of hydrogen-bond acceptors (Lipinski definition) is 26. The number of nitrogens with one attached hydrogen (secondary N) is 17. The highest BCUT2D eigenvalue weighted by Gasteiger charge is 2.42. The van der Waals surface area contributed by atoms with E-state index < -0.39 is 266 Å². The van der Waals surface area contributed by atoms with Crippen LogP contribution in [0.4, 0.5) is 4.79 Å². The Morgan fingerprint density at radius 1 is 0.479 bits per heavy atom. The fourth-order valence-electron chi connectivity index (χ4n) is 15.9. The van der Waals surface area contributed by atoms with Crippen molar-refractivity contribution in [3.63, 3.8) is 0 Å². The molecule has 1 saturated heterocycles. The van der Waals surface area contributed by atoms with Crippen LogP contribution in [0.15, 0.2) is 109 Å². The number of hydrogen-bond donors (Lipinski definition) is 25. The first-order valence-electron chi connectivity index (χ1n) is 47.2. The zero-order chi connectivity index (χ0) is 104. The summed E-state index contributed by atoms with van der Waals surface area (Å²) in [5, 5.41) is 72.6. The number of aliphatic hydroxyl groups is 1. The van der Waals surface area contributed by atoms with Crippen molar-refractivity contribution in [3.8, 4) is 16.9 Å². The molecule has 18 amide bonds. The smallest absolute Gasteiger partial charge is 0.341 e. The maximum absolute atomic E-state index is 15.5. The van der Waals surface area contributed by atoms with Crippen LogP contribution in [0.3, 0.4) is 0 Å². The molecule has 16 atom stereocenters. The van der Waals surface area contributed by atoms with Crippen molar-refractivity contribution >= 4 is 135 Å². The first kappa shape index (κ1) is 115. The maximum atomic E-state index is 15.5. The van der Waals surface area contributed by atoms with Gasteiger partial charge in [-0.2, -0.15) is 0 Å². The number of carboxylic acid groups (broad SMARTS) is 2. The fourth-order valence-corrected chi connectivity index (χ4v) is 16.8. The van der Waals surface area contributed by atoms with Gasteiger partial charge in [-0.05, 0) is 136 Å². The van der Waals surface area contributed by atoms with Gasteiger partial charge in [-0.25, -0.2) is 9.59 Å². The molecule has 0 radical (unpaired) electrons. The van der Waals surface area contributed by atoms with E-state index in [1.54, 1.807) is 76.2 Å². The molecule has 2 aliphatic rings. The molecule has 776 valence electrons. The first-order valence-corrected chi connectivity index (χ1v) is 48.3. The third-order valence-electron chi connectivity index (χ3n) is 23.6. The number of rotatable bonds is 33. The van der Waals surface area contributed by atoms with E-state index in [1.807, 2.05) is 30.3 Å². The molecule has 7 rings (SSSR count). The monoisotopic (exact) mass is 2000 g/mol. The Hall–Kier alpha value is -13.9. The van der Waals surface area contributed by atoms with E-state index in [0.717, 1.165) is 37.3 Å². The number of carboxylic acids is 2. The number of fused-ring (bicyclic) bond motifs is 1. The summed E-state index contributed by atoms with van der Waals surface area (Å²) >= 11 is 0.659. The van der Waals surface area contributed by atoms with Crippen molar-refractivity contribution in [1.29, 1.82) is 0 Å². The van der Waals surface area contributed by atoms with Crippen LogP contribution in [-0.2, 0) is 110 Å². The number of ether oxygens (including phenoxy) is 2. The number of aromatic amines is 1. The average Bonchev–Trinajstić information content (AvgIpc) is 1.69. The zero-order valence-corrected chi connectivity index (χ0v) is 81.4. The molecule has 0 unspecified atom stereocenters. The summed E-state index contributed by atoms with van der Waals surface area (Å²) in [6.45, 7) is 6.37. The van der Waals surface area contributed by atoms with E-state index in [0.29, 0.717) is 46.6 Å². The van der Waals surface area contributed by atoms with E-state index >= 15 is 33.6 Å². The second-order valence-corrected chi connectivity index (χ2v) is 36.9. The van der Waals surface area contributed by atoms with Crippen LogP contribution in [-0.4, -0.2) is 288 Å². The molecule has 1 saturated carbocycles. The lowest BCUT2D eigenvalue weighted by molar-refractivity contribution is -0.142. The van der Waals surface area contributed by atoms with Crippen molar-refractivity contribution in [2.24, 2.45) is 46.4 Å². The number of methoxy groups -OCH3 is 1. The number of urea groups is 1. The molecule has 1 aliphatic heterocycles. The lowest BCUT2D eigenvalue weighted by atomic mass is 9.84. The Kier molecular flexibility index (Phi) is 47.3. The molecular weight excluding hydrogens is 1870 g/mol. The van der Waals surface area contributed by atoms with Crippen molar-refractivity contribution in [2.75, 3.05) is 58.0 Å². The Morgan fingerprint density at radius 3 is 1.50 bits per heavy atom. The largest absolute Gasteiger partial charge is 0.482 e. The topological polar surface area (TPSA) is 742 Å². The average molecular weight is 2000 g/mol. The molecule has 142 heavy (non-hydrogen) atoms. The summed E-state index contributed by atoms with van der Waals surface area (Å²) < 4.78 is 10.8. The number of aliphatic hydroxyl groups excluding tert-OH is 1. The number of thioether (sulfide) groups is 1. The van der Waals surface area contributed by atoms with Gasteiger partial charge in [-0.1, -0.05) is 145 Å². The lowest BCUT2D eigenvalue weighted by Crippen LogP contribution is -2.63.